The predicted molar refractivity (Wildman–Crippen MR) is 110 cm³/mol. The molecule has 1 heterocycles. The predicted octanol–water partition coefficient (Wildman–Crippen LogP) is 3.37. The van der Waals surface area contributed by atoms with Gasteiger partial charge in [-0.25, -0.2) is 0 Å². The molecule has 1 saturated carbocycles. The number of anilines is 1. The molecule has 0 spiro atoms. The van der Waals surface area contributed by atoms with Crippen molar-refractivity contribution in [2.75, 3.05) is 31.6 Å². The van der Waals surface area contributed by atoms with E-state index in [0.717, 1.165) is 24.8 Å². The zero-order valence-electron chi connectivity index (χ0n) is 16.6. The molecule has 2 aliphatic rings. The molecule has 0 bridgehead atoms. The topological polar surface area (TPSA) is 67.9 Å². The van der Waals surface area contributed by atoms with E-state index in [1.54, 1.807) is 23.1 Å². The molecule has 2 amide bonds. The maximum absolute atomic E-state index is 13.4. The maximum Gasteiger partial charge on any atom is 0.243 e. The number of carbonyl (C=O) groups is 2. The first-order valence-corrected chi connectivity index (χ1v) is 10.2. The standard InChI is InChI=1S/C23H26N2O4/c1-2-25(22(27)23(11-6-12-23)17-7-4-3-5-8-17)16-21(26)24-18-9-10-19-20(15-18)29-14-13-28-19/h3-5,7-10,15H,2,6,11-14,16H2,1H3,(H,24,26). The van der Waals surface area contributed by atoms with Crippen molar-refractivity contribution in [2.45, 2.75) is 31.6 Å². The number of carbonyl (C=O) groups excluding carboxylic acids is 2. The molecule has 0 aromatic heterocycles. The molecule has 1 fully saturated rings. The van der Waals surface area contributed by atoms with Crippen molar-refractivity contribution in [3.63, 3.8) is 0 Å². The molecule has 6 heteroatoms. The van der Waals surface area contributed by atoms with Crippen molar-refractivity contribution in [1.29, 1.82) is 0 Å². The summed E-state index contributed by atoms with van der Waals surface area (Å²) in [7, 11) is 0. The number of ether oxygens (including phenoxy) is 2. The molecule has 2 aromatic rings. The Kier molecular flexibility index (Phi) is 5.43. The number of fused-ring (bicyclic) bond motifs is 1. The fourth-order valence-electron chi connectivity index (χ4n) is 4.04. The van der Waals surface area contributed by atoms with Crippen LogP contribution in [0.5, 0.6) is 11.5 Å². The minimum atomic E-state index is -0.492. The third kappa shape index (κ3) is 3.79. The van der Waals surface area contributed by atoms with E-state index < -0.39 is 5.41 Å². The monoisotopic (exact) mass is 394 g/mol. The van der Waals surface area contributed by atoms with Gasteiger partial charge < -0.3 is 19.7 Å². The van der Waals surface area contributed by atoms with Crippen molar-refractivity contribution in [1.82, 2.24) is 4.90 Å². The van der Waals surface area contributed by atoms with E-state index in [9.17, 15) is 9.59 Å². The third-order valence-electron chi connectivity index (χ3n) is 5.77. The van der Waals surface area contributed by atoms with Gasteiger partial charge in [0.2, 0.25) is 11.8 Å². The lowest BCUT2D eigenvalue weighted by Crippen LogP contribution is -2.52. The number of nitrogens with zero attached hydrogens (tertiary/aromatic N) is 1. The van der Waals surface area contributed by atoms with Crippen LogP contribution in [0.1, 0.15) is 31.7 Å². The number of hydrogen-bond acceptors (Lipinski definition) is 4. The van der Waals surface area contributed by atoms with Crippen molar-refractivity contribution in [3.05, 3.63) is 54.1 Å². The van der Waals surface area contributed by atoms with Gasteiger partial charge in [0.05, 0.1) is 12.0 Å². The zero-order chi connectivity index (χ0) is 20.3. The molecule has 1 aliphatic heterocycles. The van der Waals surface area contributed by atoms with E-state index >= 15 is 0 Å². The Morgan fingerprint density at radius 2 is 1.76 bits per heavy atom. The Morgan fingerprint density at radius 1 is 1.03 bits per heavy atom. The molecule has 0 radical (unpaired) electrons. The summed E-state index contributed by atoms with van der Waals surface area (Å²) in [6.07, 6.45) is 2.69. The van der Waals surface area contributed by atoms with Gasteiger partial charge in [0.1, 0.15) is 13.2 Å². The van der Waals surface area contributed by atoms with Gasteiger partial charge in [-0.15, -0.1) is 0 Å². The van der Waals surface area contributed by atoms with Crippen LogP contribution in [0.4, 0.5) is 5.69 Å². The Labute approximate surface area is 170 Å². The molecule has 0 unspecified atom stereocenters. The lowest BCUT2D eigenvalue weighted by molar-refractivity contribution is -0.143. The van der Waals surface area contributed by atoms with Gasteiger partial charge in [0.15, 0.2) is 11.5 Å². The second-order valence-electron chi connectivity index (χ2n) is 7.53. The van der Waals surface area contributed by atoms with Gasteiger partial charge in [-0.3, -0.25) is 9.59 Å². The van der Waals surface area contributed by atoms with E-state index in [2.05, 4.69) is 5.32 Å². The van der Waals surface area contributed by atoms with Crippen LogP contribution in [0.15, 0.2) is 48.5 Å². The summed E-state index contributed by atoms with van der Waals surface area (Å²) >= 11 is 0. The van der Waals surface area contributed by atoms with E-state index in [4.69, 9.17) is 9.47 Å². The van der Waals surface area contributed by atoms with Crippen molar-refractivity contribution < 1.29 is 19.1 Å². The van der Waals surface area contributed by atoms with Crippen LogP contribution in [-0.2, 0) is 15.0 Å². The van der Waals surface area contributed by atoms with Crippen LogP contribution in [0.2, 0.25) is 0 Å². The van der Waals surface area contributed by atoms with Gasteiger partial charge in [-0.2, -0.15) is 0 Å². The second kappa shape index (κ2) is 8.15. The Morgan fingerprint density at radius 3 is 2.41 bits per heavy atom. The molecule has 0 atom stereocenters. The fraction of sp³-hybridized carbons (Fsp3) is 0.391. The van der Waals surface area contributed by atoms with E-state index in [1.165, 1.54) is 0 Å². The normalized spacial score (nSPS) is 16.4. The fourth-order valence-corrected chi connectivity index (χ4v) is 4.04. The second-order valence-corrected chi connectivity index (χ2v) is 7.53. The zero-order valence-corrected chi connectivity index (χ0v) is 16.6. The van der Waals surface area contributed by atoms with Gasteiger partial charge in [0.25, 0.3) is 0 Å². The first-order chi connectivity index (χ1) is 14.1. The molecular formula is C23H26N2O4. The van der Waals surface area contributed by atoms with Gasteiger partial charge in [-0.1, -0.05) is 36.8 Å². The third-order valence-corrected chi connectivity index (χ3v) is 5.77. The maximum atomic E-state index is 13.4. The summed E-state index contributed by atoms with van der Waals surface area (Å²) in [4.78, 5) is 27.7. The van der Waals surface area contributed by atoms with Crippen molar-refractivity contribution in [3.8, 4) is 11.5 Å². The van der Waals surface area contributed by atoms with Crippen LogP contribution in [0.25, 0.3) is 0 Å². The molecular weight excluding hydrogens is 368 g/mol. The average Bonchev–Trinajstić information content (AvgIpc) is 2.72. The summed E-state index contributed by atoms with van der Waals surface area (Å²) in [5.41, 5.74) is 1.18. The van der Waals surface area contributed by atoms with Crippen LogP contribution < -0.4 is 14.8 Å². The van der Waals surface area contributed by atoms with Gasteiger partial charge in [-0.05, 0) is 37.5 Å². The van der Waals surface area contributed by atoms with Gasteiger partial charge in [0, 0.05) is 18.3 Å². The van der Waals surface area contributed by atoms with Crippen LogP contribution in [0.3, 0.4) is 0 Å². The first-order valence-electron chi connectivity index (χ1n) is 10.2. The Hall–Kier alpha value is -3.02. The Balaban J connectivity index is 1.44. The number of amides is 2. The summed E-state index contributed by atoms with van der Waals surface area (Å²) in [6, 6.07) is 15.2. The minimum Gasteiger partial charge on any atom is -0.486 e. The Bertz CT molecular complexity index is 893. The first kappa shape index (κ1) is 19.3. The summed E-state index contributed by atoms with van der Waals surface area (Å²) in [5.74, 6) is 1.11. The minimum absolute atomic E-state index is 0.0261. The number of likely N-dealkylation sites (N-methyl/N-ethyl adjacent to an activating group) is 1. The highest BCUT2D eigenvalue weighted by molar-refractivity contribution is 5.97. The van der Waals surface area contributed by atoms with Crippen LogP contribution in [-0.4, -0.2) is 43.0 Å². The molecule has 152 valence electrons. The number of rotatable bonds is 6. The van der Waals surface area contributed by atoms with Crippen LogP contribution >= 0.6 is 0 Å². The van der Waals surface area contributed by atoms with Gasteiger partial charge >= 0.3 is 0 Å². The number of hydrogen-bond donors (Lipinski definition) is 1. The molecule has 6 nitrogen and oxygen atoms in total. The number of nitrogens with one attached hydrogen (secondary N) is 1. The quantitative estimate of drug-likeness (QED) is 0.816. The lowest BCUT2D eigenvalue weighted by Gasteiger charge is -2.43. The summed E-state index contributed by atoms with van der Waals surface area (Å²) in [6.45, 7) is 3.44. The van der Waals surface area contributed by atoms with E-state index in [-0.39, 0.29) is 18.4 Å². The largest absolute Gasteiger partial charge is 0.486 e. The van der Waals surface area contributed by atoms with Crippen molar-refractivity contribution >= 4 is 17.5 Å². The summed E-state index contributed by atoms with van der Waals surface area (Å²) in [5, 5.41) is 2.87. The molecule has 2 aromatic carbocycles. The highest BCUT2D eigenvalue weighted by Gasteiger charge is 2.47. The average molecular weight is 394 g/mol. The molecule has 29 heavy (non-hydrogen) atoms. The van der Waals surface area contributed by atoms with Crippen molar-refractivity contribution in [2.24, 2.45) is 0 Å². The number of benzene rings is 2. The molecule has 1 N–H and O–H groups in total. The molecule has 0 saturated heterocycles. The van der Waals surface area contributed by atoms with E-state index in [1.807, 2.05) is 37.3 Å². The highest BCUT2D eigenvalue weighted by Crippen LogP contribution is 2.45. The smallest absolute Gasteiger partial charge is 0.243 e. The molecule has 4 rings (SSSR count). The SMILES string of the molecule is CCN(CC(=O)Nc1ccc2c(c1)OCCO2)C(=O)C1(c2ccccc2)CCC1. The van der Waals surface area contributed by atoms with Crippen LogP contribution in [0, 0.1) is 0 Å². The van der Waals surface area contributed by atoms with E-state index in [0.29, 0.717) is 36.9 Å². The lowest BCUT2D eigenvalue weighted by atomic mass is 9.63. The highest BCUT2D eigenvalue weighted by atomic mass is 16.6. The molecule has 1 aliphatic carbocycles. The summed E-state index contributed by atoms with van der Waals surface area (Å²) < 4.78 is 11.1.